The Balaban J connectivity index is 3.69. The molecule has 90 valence electrons. The number of hydrogen-bond donors (Lipinski definition) is 2. The van der Waals surface area contributed by atoms with E-state index in [0.29, 0.717) is 31.8 Å². The number of ether oxygens (including phenoxy) is 1. The molecular formula is C11H23NO3. The van der Waals surface area contributed by atoms with Gasteiger partial charge in [-0.15, -0.1) is 0 Å². The van der Waals surface area contributed by atoms with Crippen molar-refractivity contribution in [1.82, 2.24) is 0 Å². The summed E-state index contributed by atoms with van der Waals surface area (Å²) < 4.78 is 5.37. The van der Waals surface area contributed by atoms with Crippen molar-refractivity contribution < 1.29 is 14.6 Å². The molecule has 0 aromatic carbocycles. The molecule has 0 aliphatic rings. The Bertz CT molecular complexity index is 194. The summed E-state index contributed by atoms with van der Waals surface area (Å²) in [7, 11) is 0. The van der Waals surface area contributed by atoms with Gasteiger partial charge in [-0.3, -0.25) is 4.79 Å². The largest absolute Gasteiger partial charge is 0.480 e. The van der Waals surface area contributed by atoms with Gasteiger partial charge in [0, 0.05) is 13.2 Å². The third kappa shape index (κ3) is 5.74. The second-order valence-electron chi connectivity index (χ2n) is 4.39. The first-order valence-electron chi connectivity index (χ1n) is 5.52. The molecule has 0 amide bonds. The first-order chi connectivity index (χ1) is 6.92. The molecule has 0 spiro atoms. The number of aliphatic carboxylic acids is 1. The number of carboxylic acid groups (broad SMARTS) is 1. The molecule has 0 aromatic heterocycles. The first kappa shape index (κ1) is 14.4. The molecule has 0 aromatic rings. The Morgan fingerprint density at radius 2 is 2.13 bits per heavy atom. The Kier molecular flexibility index (Phi) is 6.52. The highest BCUT2D eigenvalue weighted by atomic mass is 16.5. The Labute approximate surface area is 91.8 Å². The van der Waals surface area contributed by atoms with Gasteiger partial charge in [0.1, 0.15) is 5.54 Å². The quantitative estimate of drug-likeness (QED) is 0.606. The van der Waals surface area contributed by atoms with Gasteiger partial charge < -0.3 is 15.6 Å². The van der Waals surface area contributed by atoms with E-state index in [0.717, 1.165) is 6.61 Å². The minimum Gasteiger partial charge on any atom is -0.480 e. The zero-order valence-corrected chi connectivity index (χ0v) is 9.95. The Hall–Kier alpha value is -0.610. The van der Waals surface area contributed by atoms with Crippen LogP contribution in [0.3, 0.4) is 0 Å². The summed E-state index contributed by atoms with van der Waals surface area (Å²) in [6.45, 7) is 7.26. The molecule has 0 aliphatic carbocycles. The molecule has 3 N–H and O–H groups in total. The van der Waals surface area contributed by atoms with E-state index < -0.39 is 11.5 Å². The molecule has 4 nitrogen and oxygen atoms in total. The van der Waals surface area contributed by atoms with Crippen molar-refractivity contribution in [2.75, 3.05) is 13.2 Å². The van der Waals surface area contributed by atoms with E-state index in [1.807, 2.05) is 0 Å². The monoisotopic (exact) mass is 217 g/mol. The van der Waals surface area contributed by atoms with Gasteiger partial charge in [0.2, 0.25) is 0 Å². The lowest BCUT2D eigenvalue weighted by Gasteiger charge is -2.22. The van der Waals surface area contributed by atoms with Crippen molar-refractivity contribution in [3.63, 3.8) is 0 Å². The number of carbonyl (C=O) groups is 1. The van der Waals surface area contributed by atoms with Crippen molar-refractivity contribution in [3.8, 4) is 0 Å². The summed E-state index contributed by atoms with van der Waals surface area (Å²) in [5.41, 5.74) is 4.64. The van der Waals surface area contributed by atoms with E-state index in [4.69, 9.17) is 15.6 Å². The second-order valence-corrected chi connectivity index (χ2v) is 4.39. The number of carboxylic acids is 1. The zero-order valence-electron chi connectivity index (χ0n) is 9.95. The van der Waals surface area contributed by atoms with Crippen LogP contribution in [0, 0.1) is 5.92 Å². The average molecular weight is 217 g/mol. The minimum absolute atomic E-state index is 0.451. The van der Waals surface area contributed by atoms with Gasteiger partial charge in [0.05, 0.1) is 0 Å². The minimum atomic E-state index is -1.08. The van der Waals surface area contributed by atoms with E-state index in [2.05, 4.69) is 13.8 Å². The first-order valence-corrected chi connectivity index (χ1v) is 5.52. The summed E-state index contributed by atoms with van der Waals surface area (Å²) in [4.78, 5) is 10.9. The van der Waals surface area contributed by atoms with Crippen molar-refractivity contribution >= 4 is 5.97 Å². The van der Waals surface area contributed by atoms with Crippen LogP contribution in [-0.4, -0.2) is 29.8 Å². The summed E-state index contributed by atoms with van der Waals surface area (Å²) in [6.07, 6.45) is 1.62. The van der Waals surface area contributed by atoms with Gasteiger partial charge in [-0.2, -0.15) is 0 Å². The molecule has 0 radical (unpaired) electrons. The second kappa shape index (κ2) is 6.80. The standard InChI is InChI=1S/C11H23NO3/c1-4-11(12,10(13)14)6-5-7-15-8-9(2)3/h9H,4-8,12H2,1-3H3,(H,13,14). The van der Waals surface area contributed by atoms with Gasteiger partial charge in [-0.1, -0.05) is 20.8 Å². The highest BCUT2D eigenvalue weighted by Gasteiger charge is 2.30. The van der Waals surface area contributed by atoms with E-state index in [1.54, 1.807) is 6.92 Å². The Morgan fingerprint density at radius 3 is 2.53 bits per heavy atom. The molecule has 0 rings (SSSR count). The third-order valence-corrected chi connectivity index (χ3v) is 2.42. The van der Waals surface area contributed by atoms with E-state index in [9.17, 15) is 4.79 Å². The summed E-state index contributed by atoms with van der Waals surface area (Å²) >= 11 is 0. The average Bonchev–Trinajstić information content (AvgIpc) is 2.16. The maximum atomic E-state index is 10.9. The molecular weight excluding hydrogens is 194 g/mol. The molecule has 1 atom stereocenters. The van der Waals surface area contributed by atoms with Gasteiger partial charge >= 0.3 is 5.97 Å². The van der Waals surface area contributed by atoms with Crippen LogP contribution in [0.4, 0.5) is 0 Å². The summed E-state index contributed by atoms with van der Waals surface area (Å²) in [6, 6.07) is 0. The lowest BCUT2D eigenvalue weighted by atomic mass is 9.92. The smallest absolute Gasteiger partial charge is 0.323 e. The SMILES string of the molecule is CCC(N)(CCCOCC(C)C)C(=O)O. The maximum absolute atomic E-state index is 10.9. The van der Waals surface area contributed by atoms with Gasteiger partial charge in [0.15, 0.2) is 0 Å². The van der Waals surface area contributed by atoms with Crippen molar-refractivity contribution in [2.24, 2.45) is 11.7 Å². The number of hydrogen-bond acceptors (Lipinski definition) is 3. The van der Waals surface area contributed by atoms with E-state index >= 15 is 0 Å². The summed E-state index contributed by atoms with van der Waals surface area (Å²) in [5, 5.41) is 8.91. The fourth-order valence-corrected chi connectivity index (χ4v) is 1.24. The maximum Gasteiger partial charge on any atom is 0.323 e. The number of nitrogens with two attached hydrogens (primary N) is 1. The van der Waals surface area contributed by atoms with Gasteiger partial charge in [-0.05, 0) is 25.2 Å². The zero-order chi connectivity index (χ0) is 11.9. The van der Waals surface area contributed by atoms with Gasteiger partial charge in [0.25, 0.3) is 0 Å². The molecule has 4 heteroatoms. The van der Waals surface area contributed by atoms with E-state index in [1.165, 1.54) is 0 Å². The molecule has 0 bridgehead atoms. The third-order valence-electron chi connectivity index (χ3n) is 2.42. The van der Waals surface area contributed by atoms with Crippen LogP contribution < -0.4 is 5.73 Å². The lowest BCUT2D eigenvalue weighted by Crippen LogP contribution is -2.47. The highest BCUT2D eigenvalue weighted by molar-refractivity contribution is 5.78. The van der Waals surface area contributed by atoms with E-state index in [-0.39, 0.29) is 0 Å². The van der Waals surface area contributed by atoms with Crippen LogP contribution in [-0.2, 0) is 9.53 Å². The van der Waals surface area contributed by atoms with Crippen LogP contribution >= 0.6 is 0 Å². The highest BCUT2D eigenvalue weighted by Crippen LogP contribution is 2.14. The number of rotatable bonds is 8. The normalized spacial score (nSPS) is 15.3. The molecule has 1 unspecified atom stereocenters. The fraction of sp³-hybridized carbons (Fsp3) is 0.909. The van der Waals surface area contributed by atoms with Gasteiger partial charge in [-0.25, -0.2) is 0 Å². The molecule has 0 fully saturated rings. The van der Waals surface area contributed by atoms with Crippen molar-refractivity contribution in [2.45, 2.75) is 45.6 Å². The molecule has 0 aliphatic heterocycles. The van der Waals surface area contributed by atoms with Crippen LogP contribution in [0.25, 0.3) is 0 Å². The van der Waals surface area contributed by atoms with Crippen molar-refractivity contribution in [3.05, 3.63) is 0 Å². The Morgan fingerprint density at radius 1 is 1.53 bits per heavy atom. The van der Waals surface area contributed by atoms with Crippen LogP contribution in [0.2, 0.25) is 0 Å². The predicted octanol–water partition coefficient (Wildman–Crippen LogP) is 1.63. The molecule has 0 saturated carbocycles. The summed E-state index contributed by atoms with van der Waals surface area (Å²) in [5.74, 6) is -0.410. The van der Waals surface area contributed by atoms with Crippen LogP contribution in [0.5, 0.6) is 0 Å². The molecule has 15 heavy (non-hydrogen) atoms. The lowest BCUT2D eigenvalue weighted by molar-refractivity contribution is -0.143. The fourth-order valence-electron chi connectivity index (χ4n) is 1.24. The topological polar surface area (TPSA) is 72.5 Å². The molecule has 0 heterocycles. The van der Waals surface area contributed by atoms with Crippen LogP contribution in [0.15, 0.2) is 0 Å². The molecule has 0 saturated heterocycles. The van der Waals surface area contributed by atoms with Crippen LogP contribution in [0.1, 0.15) is 40.0 Å². The van der Waals surface area contributed by atoms with Crippen molar-refractivity contribution in [1.29, 1.82) is 0 Å². The predicted molar refractivity (Wildman–Crippen MR) is 59.7 cm³/mol.